The van der Waals surface area contributed by atoms with E-state index in [1.54, 1.807) is 0 Å². The Morgan fingerprint density at radius 2 is 1.81 bits per heavy atom. The van der Waals surface area contributed by atoms with Crippen LogP contribution in [0, 0.1) is 0 Å². The number of nitrogens with zero attached hydrogens (tertiary/aromatic N) is 1. The van der Waals surface area contributed by atoms with Crippen LogP contribution in [0.15, 0.2) is 24.3 Å². The summed E-state index contributed by atoms with van der Waals surface area (Å²) in [6.45, 7) is 8.84. The number of hydrogen-bond donors (Lipinski definition) is 1. The maximum atomic E-state index is 3.51. The maximum Gasteiger partial charge on any atom is 0.0236 e. The molecule has 1 unspecified atom stereocenters. The topological polar surface area (TPSA) is 15.3 Å². The third-order valence-corrected chi connectivity index (χ3v) is 4.62. The zero-order valence-electron chi connectivity index (χ0n) is 14.4. The van der Waals surface area contributed by atoms with Crippen molar-refractivity contribution in [3.05, 3.63) is 35.4 Å². The highest BCUT2D eigenvalue weighted by molar-refractivity contribution is 7.98. The molecule has 0 spiro atoms. The van der Waals surface area contributed by atoms with E-state index in [0.717, 1.165) is 19.5 Å². The molecule has 0 bridgehead atoms. The lowest BCUT2D eigenvalue weighted by Crippen LogP contribution is -2.30. The van der Waals surface area contributed by atoms with E-state index in [1.165, 1.54) is 23.3 Å². The molecule has 0 aliphatic rings. The summed E-state index contributed by atoms with van der Waals surface area (Å²) in [5.41, 5.74) is 2.95. The first-order chi connectivity index (χ1) is 10.0. The molecule has 0 aliphatic heterocycles. The van der Waals surface area contributed by atoms with Crippen molar-refractivity contribution >= 4 is 11.8 Å². The van der Waals surface area contributed by atoms with Crippen molar-refractivity contribution in [2.24, 2.45) is 0 Å². The van der Waals surface area contributed by atoms with Crippen LogP contribution >= 0.6 is 11.8 Å². The van der Waals surface area contributed by atoms with Gasteiger partial charge in [0.15, 0.2) is 0 Å². The van der Waals surface area contributed by atoms with Gasteiger partial charge in [0.05, 0.1) is 0 Å². The Hall–Kier alpha value is -0.510. The van der Waals surface area contributed by atoms with E-state index >= 15 is 0 Å². The van der Waals surface area contributed by atoms with Gasteiger partial charge in [0.25, 0.3) is 0 Å². The molecule has 0 amide bonds. The third-order valence-electron chi connectivity index (χ3n) is 3.98. The Morgan fingerprint density at radius 1 is 1.14 bits per heavy atom. The Morgan fingerprint density at radius 3 is 2.43 bits per heavy atom. The Balaban J connectivity index is 2.57. The zero-order chi connectivity index (χ0) is 15.7. The largest absolute Gasteiger partial charge is 0.314 e. The molecule has 2 nitrogen and oxygen atoms in total. The molecule has 0 heterocycles. The summed E-state index contributed by atoms with van der Waals surface area (Å²) in [6.07, 6.45) is 4.56. The quantitative estimate of drug-likeness (QED) is 0.708. The predicted molar refractivity (Wildman–Crippen MR) is 97.2 cm³/mol. The average molecular weight is 309 g/mol. The van der Waals surface area contributed by atoms with E-state index in [4.69, 9.17) is 0 Å². The Labute approximate surface area is 135 Å². The van der Waals surface area contributed by atoms with Gasteiger partial charge in [-0.1, -0.05) is 38.1 Å². The molecule has 1 rings (SSSR count). The summed E-state index contributed by atoms with van der Waals surface area (Å²) < 4.78 is 0. The second kappa shape index (κ2) is 10.3. The molecule has 120 valence electrons. The van der Waals surface area contributed by atoms with Gasteiger partial charge in [-0.15, -0.1) is 0 Å². The van der Waals surface area contributed by atoms with E-state index in [9.17, 15) is 0 Å². The number of hydrogen-bond acceptors (Lipinski definition) is 3. The van der Waals surface area contributed by atoms with Crippen LogP contribution in [0.1, 0.15) is 38.3 Å². The normalized spacial score (nSPS) is 13.1. The standard InChI is InChI=1S/C18H32N2S/c1-15(2)19-12-10-17-8-6-7-9-18(17)14-20(4)16(3)11-13-21-5/h6-9,15-16,19H,10-14H2,1-5H3. The van der Waals surface area contributed by atoms with Gasteiger partial charge in [-0.3, -0.25) is 4.90 Å². The summed E-state index contributed by atoms with van der Waals surface area (Å²) >= 11 is 1.94. The van der Waals surface area contributed by atoms with Crippen LogP contribution in [-0.2, 0) is 13.0 Å². The summed E-state index contributed by atoms with van der Waals surface area (Å²) in [7, 11) is 2.24. The molecular weight excluding hydrogens is 276 g/mol. The van der Waals surface area contributed by atoms with Crippen LogP contribution in [0.3, 0.4) is 0 Å². The molecular formula is C18H32N2S. The van der Waals surface area contributed by atoms with Gasteiger partial charge in [0, 0.05) is 18.6 Å². The first kappa shape index (κ1) is 18.5. The van der Waals surface area contributed by atoms with Crippen LogP contribution in [0.25, 0.3) is 0 Å². The Bertz CT molecular complexity index is 393. The summed E-state index contributed by atoms with van der Waals surface area (Å²) in [5.74, 6) is 1.24. The number of nitrogens with one attached hydrogen (secondary N) is 1. The lowest BCUT2D eigenvalue weighted by Gasteiger charge is -2.25. The second-order valence-electron chi connectivity index (χ2n) is 6.17. The number of benzene rings is 1. The van der Waals surface area contributed by atoms with Crippen LogP contribution in [0.2, 0.25) is 0 Å². The van der Waals surface area contributed by atoms with Gasteiger partial charge < -0.3 is 5.32 Å². The minimum Gasteiger partial charge on any atom is -0.314 e. The van der Waals surface area contributed by atoms with E-state index < -0.39 is 0 Å². The highest BCUT2D eigenvalue weighted by atomic mass is 32.2. The summed E-state index contributed by atoms with van der Waals surface area (Å²) in [4.78, 5) is 2.48. The van der Waals surface area contributed by atoms with Gasteiger partial charge in [0.1, 0.15) is 0 Å². The molecule has 3 heteroatoms. The predicted octanol–water partition coefficient (Wildman–Crippen LogP) is 3.80. The van der Waals surface area contributed by atoms with Crippen LogP contribution in [-0.4, -0.2) is 42.6 Å². The smallest absolute Gasteiger partial charge is 0.0236 e. The lowest BCUT2D eigenvalue weighted by atomic mass is 10.0. The average Bonchev–Trinajstić information content (AvgIpc) is 2.46. The van der Waals surface area contributed by atoms with Crippen molar-refractivity contribution in [3.8, 4) is 0 Å². The number of thioether (sulfide) groups is 1. The summed E-state index contributed by atoms with van der Waals surface area (Å²) in [6, 6.07) is 10.1. The molecule has 0 saturated carbocycles. The molecule has 1 aromatic rings. The van der Waals surface area contributed by atoms with Crippen molar-refractivity contribution < 1.29 is 0 Å². The monoisotopic (exact) mass is 308 g/mol. The van der Waals surface area contributed by atoms with Crippen molar-refractivity contribution in [1.82, 2.24) is 10.2 Å². The molecule has 1 aromatic carbocycles. The first-order valence-electron chi connectivity index (χ1n) is 8.04. The van der Waals surface area contributed by atoms with E-state index in [-0.39, 0.29) is 0 Å². The zero-order valence-corrected chi connectivity index (χ0v) is 15.2. The van der Waals surface area contributed by atoms with Gasteiger partial charge in [-0.2, -0.15) is 11.8 Å². The van der Waals surface area contributed by atoms with Crippen LogP contribution in [0.4, 0.5) is 0 Å². The SMILES string of the molecule is CSCCC(C)N(C)Cc1ccccc1CCNC(C)C. The van der Waals surface area contributed by atoms with Gasteiger partial charge in [0.2, 0.25) is 0 Å². The van der Waals surface area contributed by atoms with Crippen molar-refractivity contribution in [1.29, 1.82) is 0 Å². The van der Waals surface area contributed by atoms with Crippen molar-refractivity contribution in [2.75, 3.05) is 25.6 Å². The first-order valence-corrected chi connectivity index (χ1v) is 9.43. The fraction of sp³-hybridized carbons (Fsp3) is 0.667. The molecule has 21 heavy (non-hydrogen) atoms. The van der Waals surface area contributed by atoms with Gasteiger partial charge in [-0.05, 0) is 56.5 Å². The minimum absolute atomic E-state index is 0.561. The fourth-order valence-corrected chi connectivity index (χ4v) is 2.96. The Kier molecular flexibility index (Phi) is 9.05. The molecule has 0 saturated heterocycles. The van der Waals surface area contributed by atoms with E-state index in [2.05, 4.69) is 68.6 Å². The van der Waals surface area contributed by atoms with Gasteiger partial charge in [-0.25, -0.2) is 0 Å². The maximum absolute atomic E-state index is 3.51. The molecule has 0 radical (unpaired) electrons. The van der Waals surface area contributed by atoms with E-state index in [0.29, 0.717) is 12.1 Å². The minimum atomic E-state index is 0.561. The van der Waals surface area contributed by atoms with Crippen molar-refractivity contribution in [3.63, 3.8) is 0 Å². The van der Waals surface area contributed by atoms with Crippen molar-refractivity contribution in [2.45, 2.75) is 52.2 Å². The third kappa shape index (κ3) is 7.35. The highest BCUT2D eigenvalue weighted by Gasteiger charge is 2.11. The molecule has 0 aromatic heterocycles. The van der Waals surface area contributed by atoms with Crippen LogP contribution < -0.4 is 5.32 Å². The van der Waals surface area contributed by atoms with Crippen LogP contribution in [0.5, 0.6) is 0 Å². The molecule has 1 N–H and O–H groups in total. The van der Waals surface area contributed by atoms with Gasteiger partial charge >= 0.3 is 0 Å². The highest BCUT2D eigenvalue weighted by Crippen LogP contribution is 2.15. The number of rotatable bonds is 10. The second-order valence-corrected chi connectivity index (χ2v) is 7.16. The fourth-order valence-electron chi connectivity index (χ4n) is 2.38. The molecule has 0 aliphatic carbocycles. The summed E-state index contributed by atoms with van der Waals surface area (Å²) in [5, 5.41) is 3.51. The lowest BCUT2D eigenvalue weighted by molar-refractivity contribution is 0.244. The van der Waals surface area contributed by atoms with E-state index in [1.807, 2.05) is 11.8 Å². The molecule has 0 fully saturated rings. The molecule has 1 atom stereocenters.